The molecule has 0 spiro atoms. The SMILES string of the molecule is Cc1cccc(C)c1OC(=O)C1CCN(C(=O)c2cccc3ccccc23)CC1. The van der Waals surface area contributed by atoms with E-state index < -0.39 is 0 Å². The third kappa shape index (κ3) is 3.88. The van der Waals surface area contributed by atoms with Gasteiger partial charge in [-0.05, 0) is 54.7 Å². The smallest absolute Gasteiger partial charge is 0.314 e. The number of likely N-dealkylation sites (tertiary alicyclic amines) is 1. The van der Waals surface area contributed by atoms with E-state index in [-0.39, 0.29) is 17.8 Å². The quantitative estimate of drug-likeness (QED) is 0.474. The van der Waals surface area contributed by atoms with E-state index >= 15 is 0 Å². The average Bonchev–Trinajstić information content (AvgIpc) is 2.75. The third-order valence-electron chi connectivity index (χ3n) is 5.75. The Hall–Kier alpha value is -3.14. The van der Waals surface area contributed by atoms with Crippen LogP contribution in [0.25, 0.3) is 10.8 Å². The van der Waals surface area contributed by atoms with Crippen LogP contribution in [0.15, 0.2) is 60.7 Å². The molecule has 0 radical (unpaired) electrons. The van der Waals surface area contributed by atoms with Gasteiger partial charge < -0.3 is 9.64 Å². The lowest BCUT2D eigenvalue weighted by molar-refractivity contribution is -0.140. The molecule has 0 unspecified atom stereocenters. The summed E-state index contributed by atoms with van der Waals surface area (Å²) >= 11 is 0. The van der Waals surface area contributed by atoms with Crippen LogP contribution in [-0.4, -0.2) is 29.9 Å². The fourth-order valence-electron chi connectivity index (χ4n) is 4.04. The number of para-hydroxylation sites is 1. The molecule has 0 aromatic heterocycles. The Bertz CT molecular complexity index is 1040. The van der Waals surface area contributed by atoms with Gasteiger partial charge in [-0.15, -0.1) is 0 Å². The molecule has 4 rings (SSSR count). The van der Waals surface area contributed by atoms with Gasteiger partial charge in [0.1, 0.15) is 5.75 Å². The summed E-state index contributed by atoms with van der Waals surface area (Å²) < 4.78 is 5.71. The molecule has 1 saturated heterocycles. The van der Waals surface area contributed by atoms with Crippen molar-refractivity contribution in [3.63, 3.8) is 0 Å². The fraction of sp³-hybridized carbons (Fsp3) is 0.280. The molecule has 0 saturated carbocycles. The van der Waals surface area contributed by atoms with Gasteiger partial charge in [-0.2, -0.15) is 0 Å². The largest absolute Gasteiger partial charge is 0.426 e. The van der Waals surface area contributed by atoms with Crippen molar-refractivity contribution >= 4 is 22.6 Å². The van der Waals surface area contributed by atoms with Crippen molar-refractivity contribution in [1.29, 1.82) is 0 Å². The van der Waals surface area contributed by atoms with Gasteiger partial charge in [0.2, 0.25) is 0 Å². The molecule has 29 heavy (non-hydrogen) atoms. The molecule has 1 amide bonds. The highest BCUT2D eigenvalue weighted by atomic mass is 16.5. The number of esters is 1. The lowest BCUT2D eigenvalue weighted by Gasteiger charge is -2.31. The van der Waals surface area contributed by atoms with Crippen LogP contribution in [0, 0.1) is 19.8 Å². The highest BCUT2D eigenvalue weighted by Gasteiger charge is 2.30. The molecular weight excluding hydrogens is 362 g/mol. The predicted octanol–water partition coefficient (Wildman–Crippen LogP) is 4.91. The third-order valence-corrected chi connectivity index (χ3v) is 5.75. The number of hydrogen-bond donors (Lipinski definition) is 0. The molecule has 1 fully saturated rings. The maximum atomic E-state index is 13.1. The number of rotatable bonds is 3. The van der Waals surface area contributed by atoms with Gasteiger partial charge in [0.05, 0.1) is 5.92 Å². The molecule has 1 heterocycles. The van der Waals surface area contributed by atoms with Gasteiger partial charge in [0, 0.05) is 18.7 Å². The van der Waals surface area contributed by atoms with Crippen LogP contribution in [0.2, 0.25) is 0 Å². The minimum Gasteiger partial charge on any atom is -0.426 e. The minimum atomic E-state index is -0.195. The lowest BCUT2D eigenvalue weighted by Crippen LogP contribution is -2.41. The van der Waals surface area contributed by atoms with Gasteiger partial charge in [0.25, 0.3) is 5.91 Å². The Morgan fingerprint density at radius 3 is 2.21 bits per heavy atom. The van der Waals surface area contributed by atoms with Gasteiger partial charge in [-0.1, -0.05) is 54.6 Å². The standard InChI is InChI=1S/C25H25NO3/c1-17-7-5-8-18(2)23(17)29-25(28)20-13-15-26(16-14-20)24(27)22-12-6-10-19-9-3-4-11-21(19)22/h3-12,20H,13-16H2,1-2H3. The summed E-state index contributed by atoms with van der Waals surface area (Å²) in [5.74, 6) is 0.320. The van der Waals surface area contributed by atoms with Crippen molar-refractivity contribution in [3.8, 4) is 5.75 Å². The summed E-state index contributed by atoms with van der Waals surface area (Å²) in [5.41, 5.74) is 2.64. The molecule has 0 N–H and O–H groups in total. The minimum absolute atomic E-state index is 0.0309. The van der Waals surface area contributed by atoms with Crippen LogP contribution < -0.4 is 4.74 Å². The van der Waals surface area contributed by atoms with E-state index in [1.54, 1.807) is 0 Å². The second-order valence-electron chi connectivity index (χ2n) is 7.74. The number of ether oxygens (including phenoxy) is 1. The van der Waals surface area contributed by atoms with Crippen LogP contribution in [0.4, 0.5) is 0 Å². The van der Waals surface area contributed by atoms with Crippen molar-refractivity contribution in [1.82, 2.24) is 4.90 Å². The number of carbonyl (C=O) groups excluding carboxylic acids is 2. The van der Waals surface area contributed by atoms with Crippen molar-refractivity contribution in [3.05, 3.63) is 77.4 Å². The summed E-state index contributed by atoms with van der Waals surface area (Å²) in [5, 5.41) is 2.03. The zero-order valence-electron chi connectivity index (χ0n) is 16.9. The van der Waals surface area contributed by atoms with Crippen LogP contribution in [0.1, 0.15) is 34.3 Å². The summed E-state index contributed by atoms with van der Waals surface area (Å²) in [6.45, 7) is 5.02. The highest BCUT2D eigenvalue weighted by Crippen LogP contribution is 2.27. The molecule has 0 atom stereocenters. The van der Waals surface area contributed by atoms with Crippen molar-refractivity contribution in [2.45, 2.75) is 26.7 Å². The summed E-state index contributed by atoms with van der Waals surface area (Å²) in [6.07, 6.45) is 1.25. The van der Waals surface area contributed by atoms with Crippen molar-refractivity contribution in [2.24, 2.45) is 5.92 Å². The molecule has 1 aliphatic heterocycles. The first-order valence-corrected chi connectivity index (χ1v) is 10.1. The van der Waals surface area contributed by atoms with Crippen LogP contribution in [-0.2, 0) is 4.79 Å². The van der Waals surface area contributed by atoms with E-state index in [0.717, 1.165) is 27.5 Å². The topological polar surface area (TPSA) is 46.6 Å². The van der Waals surface area contributed by atoms with E-state index in [2.05, 4.69) is 0 Å². The van der Waals surface area contributed by atoms with E-state index in [1.807, 2.05) is 79.4 Å². The zero-order valence-corrected chi connectivity index (χ0v) is 16.9. The number of amides is 1. The molecule has 3 aromatic rings. The Labute approximate surface area is 171 Å². The average molecular weight is 387 g/mol. The molecule has 0 aliphatic carbocycles. The van der Waals surface area contributed by atoms with E-state index in [1.165, 1.54) is 0 Å². The molecule has 1 aliphatic rings. The van der Waals surface area contributed by atoms with Crippen LogP contribution in [0.5, 0.6) is 5.75 Å². The van der Waals surface area contributed by atoms with Gasteiger partial charge in [0.15, 0.2) is 0 Å². The zero-order chi connectivity index (χ0) is 20.4. The highest BCUT2D eigenvalue weighted by molar-refractivity contribution is 6.07. The van der Waals surface area contributed by atoms with Crippen LogP contribution >= 0.6 is 0 Å². The number of piperidine rings is 1. The Balaban J connectivity index is 1.42. The Morgan fingerprint density at radius 2 is 1.48 bits per heavy atom. The molecule has 148 valence electrons. The van der Waals surface area contributed by atoms with Crippen LogP contribution in [0.3, 0.4) is 0 Å². The number of aryl methyl sites for hydroxylation is 2. The Morgan fingerprint density at radius 1 is 0.862 bits per heavy atom. The molecule has 4 heteroatoms. The fourth-order valence-corrected chi connectivity index (χ4v) is 4.04. The van der Waals surface area contributed by atoms with E-state index in [4.69, 9.17) is 4.74 Å². The number of nitrogens with zero attached hydrogens (tertiary/aromatic N) is 1. The van der Waals surface area contributed by atoms with Crippen molar-refractivity contribution < 1.29 is 14.3 Å². The van der Waals surface area contributed by atoms with Crippen molar-refractivity contribution in [2.75, 3.05) is 13.1 Å². The number of hydrogen-bond acceptors (Lipinski definition) is 3. The molecule has 0 bridgehead atoms. The lowest BCUT2D eigenvalue weighted by atomic mass is 9.95. The first-order chi connectivity index (χ1) is 14.0. The van der Waals surface area contributed by atoms with E-state index in [0.29, 0.717) is 31.7 Å². The number of benzene rings is 3. The predicted molar refractivity (Wildman–Crippen MR) is 114 cm³/mol. The first-order valence-electron chi connectivity index (χ1n) is 10.1. The van der Waals surface area contributed by atoms with E-state index in [9.17, 15) is 9.59 Å². The summed E-state index contributed by atoms with van der Waals surface area (Å²) in [4.78, 5) is 27.6. The molecular formula is C25H25NO3. The maximum Gasteiger partial charge on any atom is 0.314 e. The second-order valence-corrected chi connectivity index (χ2v) is 7.74. The normalized spacial score (nSPS) is 14.8. The summed E-state index contributed by atoms with van der Waals surface area (Å²) in [6, 6.07) is 19.6. The van der Waals surface area contributed by atoms with Gasteiger partial charge in [-0.25, -0.2) is 0 Å². The second kappa shape index (κ2) is 8.08. The first kappa shape index (κ1) is 19.2. The Kier molecular flexibility index (Phi) is 5.34. The number of carbonyl (C=O) groups is 2. The monoisotopic (exact) mass is 387 g/mol. The molecule has 3 aromatic carbocycles. The molecule has 4 nitrogen and oxygen atoms in total. The van der Waals surface area contributed by atoms with Gasteiger partial charge in [-0.3, -0.25) is 9.59 Å². The summed E-state index contributed by atoms with van der Waals surface area (Å²) in [7, 11) is 0. The van der Waals surface area contributed by atoms with Gasteiger partial charge >= 0.3 is 5.97 Å². The maximum absolute atomic E-state index is 13.1. The number of fused-ring (bicyclic) bond motifs is 1.